The van der Waals surface area contributed by atoms with Crippen molar-refractivity contribution in [2.24, 2.45) is 16.8 Å². The summed E-state index contributed by atoms with van der Waals surface area (Å²) in [5, 5.41) is 3.37. The zero-order valence-corrected chi connectivity index (χ0v) is 17.7. The minimum absolute atomic E-state index is 0. The summed E-state index contributed by atoms with van der Waals surface area (Å²) in [6, 6.07) is 0. The number of ether oxygens (including phenoxy) is 2. The van der Waals surface area contributed by atoms with Crippen molar-refractivity contribution < 1.29 is 9.47 Å². The van der Waals surface area contributed by atoms with E-state index in [1.165, 1.54) is 19.3 Å². The van der Waals surface area contributed by atoms with Gasteiger partial charge in [0.2, 0.25) is 0 Å². The summed E-state index contributed by atoms with van der Waals surface area (Å²) in [7, 11) is 2.12. The maximum absolute atomic E-state index is 5.59. The van der Waals surface area contributed by atoms with Crippen molar-refractivity contribution in [1.82, 2.24) is 10.2 Å². The second-order valence-electron chi connectivity index (χ2n) is 6.47. The number of rotatable bonds is 9. The molecule has 1 fully saturated rings. The normalized spacial score (nSPS) is 16.3. The Morgan fingerprint density at radius 2 is 2.04 bits per heavy atom. The fourth-order valence-corrected chi connectivity index (χ4v) is 2.52. The molecule has 1 aliphatic heterocycles. The highest BCUT2D eigenvalue weighted by Crippen LogP contribution is 2.18. The molecule has 0 aromatic rings. The van der Waals surface area contributed by atoms with Crippen molar-refractivity contribution in [2.75, 3.05) is 53.1 Å². The van der Waals surface area contributed by atoms with E-state index in [1.807, 2.05) is 0 Å². The topological polar surface area (TPSA) is 46.1 Å². The lowest BCUT2D eigenvalue weighted by atomic mass is 9.96. The molecule has 0 aliphatic carbocycles. The van der Waals surface area contributed by atoms with Crippen molar-refractivity contribution in [3.8, 4) is 0 Å². The zero-order chi connectivity index (χ0) is 16.2. The highest BCUT2D eigenvalue weighted by atomic mass is 127. The molecule has 0 spiro atoms. The SMILES string of the molecule is CCNC(=NCCOCC(C)C)N(C)CCC1CCOCC1.I. The molecule has 138 valence electrons. The number of nitrogens with one attached hydrogen (secondary N) is 1. The average molecular weight is 441 g/mol. The second-order valence-corrected chi connectivity index (χ2v) is 6.47. The standard InChI is InChI=1S/C17H35N3O2.HI/c1-5-18-17(19-9-13-22-14-15(2)3)20(4)10-6-16-7-11-21-12-8-16;/h15-16H,5-14H2,1-4H3,(H,18,19);1H. The molecule has 1 N–H and O–H groups in total. The number of nitrogens with zero attached hydrogens (tertiary/aromatic N) is 2. The van der Waals surface area contributed by atoms with E-state index in [1.54, 1.807) is 0 Å². The van der Waals surface area contributed by atoms with Crippen LogP contribution in [-0.4, -0.2) is 64.0 Å². The van der Waals surface area contributed by atoms with Gasteiger partial charge in [0.25, 0.3) is 0 Å². The molecular formula is C17H36IN3O2. The van der Waals surface area contributed by atoms with E-state index in [4.69, 9.17) is 9.47 Å². The Kier molecular flexibility index (Phi) is 14.2. The minimum atomic E-state index is 0. The van der Waals surface area contributed by atoms with Crippen molar-refractivity contribution in [2.45, 2.75) is 40.0 Å². The lowest BCUT2D eigenvalue weighted by Crippen LogP contribution is -2.40. The zero-order valence-electron chi connectivity index (χ0n) is 15.3. The number of halogens is 1. The first kappa shape index (κ1) is 22.9. The fourth-order valence-electron chi connectivity index (χ4n) is 2.52. The molecule has 0 unspecified atom stereocenters. The Balaban J connectivity index is 0.00000484. The third-order valence-electron chi connectivity index (χ3n) is 3.86. The van der Waals surface area contributed by atoms with Crippen LogP contribution in [0.3, 0.4) is 0 Å². The average Bonchev–Trinajstić information content (AvgIpc) is 2.52. The minimum Gasteiger partial charge on any atom is -0.381 e. The number of hydrogen-bond donors (Lipinski definition) is 1. The maximum Gasteiger partial charge on any atom is 0.193 e. The Hall–Kier alpha value is -0.0800. The second kappa shape index (κ2) is 14.3. The summed E-state index contributed by atoms with van der Waals surface area (Å²) < 4.78 is 11.0. The van der Waals surface area contributed by atoms with Crippen LogP contribution in [-0.2, 0) is 9.47 Å². The molecule has 23 heavy (non-hydrogen) atoms. The number of hydrogen-bond acceptors (Lipinski definition) is 3. The lowest BCUT2D eigenvalue weighted by Gasteiger charge is -2.26. The van der Waals surface area contributed by atoms with Gasteiger partial charge in [-0.1, -0.05) is 13.8 Å². The van der Waals surface area contributed by atoms with Gasteiger partial charge >= 0.3 is 0 Å². The van der Waals surface area contributed by atoms with Crippen LogP contribution in [0.25, 0.3) is 0 Å². The lowest BCUT2D eigenvalue weighted by molar-refractivity contribution is 0.0625. The highest BCUT2D eigenvalue weighted by molar-refractivity contribution is 14.0. The molecule has 6 heteroatoms. The maximum atomic E-state index is 5.59. The van der Waals surface area contributed by atoms with Gasteiger partial charge < -0.3 is 19.7 Å². The molecule has 1 saturated heterocycles. The molecule has 0 bridgehead atoms. The van der Waals surface area contributed by atoms with Gasteiger partial charge in [0.15, 0.2) is 5.96 Å². The van der Waals surface area contributed by atoms with E-state index in [-0.39, 0.29) is 24.0 Å². The summed E-state index contributed by atoms with van der Waals surface area (Å²) in [6.45, 7) is 12.5. The Bertz CT molecular complexity index is 308. The Labute approximate surface area is 159 Å². The largest absolute Gasteiger partial charge is 0.381 e. The molecule has 0 atom stereocenters. The Morgan fingerprint density at radius 1 is 1.35 bits per heavy atom. The van der Waals surface area contributed by atoms with Gasteiger partial charge in [-0.2, -0.15) is 0 Å². The molecule has 0 radical (unpaired) electrons. The van der Waals surface area contributed by atoms with Gasteiger partial charge in [0, 0.05) is 40.0 Å². The van der Waals surface area contributed by atoms with Gasteiger partial charge in [-0.05, 0) is 38.0 Å². The smallest absolute Gasteiger partial charge is 0.193 e. The third kappa shape index (κ3) is 11.2. The molecule has 0 aromatic carbocycles. The van der Waals surface area contributed by atoms with E-state index in [2.05, 4.69) is 43.0 Å². The molecular weight excluding hydrogens is 405 g/mol. The molecule has 0 saturated carbocycles. The summed E-state index contributed by atoms with van der Waals surface area (Å²) in [5.74, 6) is 2.37. The van der Waals surface area contributed by atoms with E-state index >= 15 is 0 Å². The van der Waals surface area contributed by atoms with Crippen molar-refractivity contribution in [3.05, 3.63) is 0 Å². The molecule has 0 amide bonds. The number of guanidine groups is 1. The predicted octanol–water partition coefficient (Wildman–Crippen LogP) is 2.99. The van der Waals surface area contributed by atoms with Crippen LogP contribution in [0.15, 0.2) is 4.99 Å². The summed E-state index contributed by atoms with van der Waals surface area (Å²) >= 11 is 0. The molecule has 0 aromatic heterocycles. The number of aliphatic imine (C=N–C) groups is 1. The third-order valence-corrected chi connectivity index (χ3v) is 3.86. The van der Waals surface area contributed by atoms with Crippen LogP contribution in [0.2, 0.25) is 0 Å². The van der Waals surface area contributed by atoms with Crippen molar-refractivity contribution >= 4 is 29.9 Å². The summed E-state index contributed by atoms with van der Waals surface area (Å²) in [6.07, 6.45) is 3.61. The summed E-state index contributed by atoms with van der Waals surface area (Å²) in [5.41, 5.74) is 0. The van der Waals surface area contributed by atoms with Gasteiger partial charge in [-0.25, -0.2) is 0 Å². The Morgan fingerprint density at radius 3 is 2.65 bits per heavy atom. The van der Waals surface area contributed by atoms with Crippen LogP contribution in [0, 0.1) is 11.8 Å². The molecule has 5 nitrogen and oxygen atoms in total. The first-order valence-electron chi connectivity index (χ1n) is 8.78. The van der Waals surface area contributed by atoms with E-state index in [9.17, 15) is 0 Å². The van der Waals surface area contributed by atoms with Gasteiger partial charge in [-0.15, -0.1) is 24.0 Å². The van der Waals surface area contributed by atoms with Gasteiger partial charge in [0.05, 0.1) is 13.2 Å². The van der Waals surface area contributed by atoms with Crippen LogP contribution < -0.4 is 5.32 Å². The van der Waals surface area contributed by atoms with Crippen LogP contribution in [0.5, 0.6) is 0 Å². The van der Waals surface area contributed by atoms with Gasteiger partial charge in [-0.3, -0.25) is 4.99 Å². The first-order chi connectivity index (χ1) is 10.6. The van der Waals surface area contributed by atoms with Crippen LogP contribution in [0.4, 0.5) is 0 Å². The molecule has 1 heterocycles. The predicted molar refractivity (Wildman–Crippen MR) is 108 cm³/mol. The fraction of sp³-hybridized carbons (Fsp3) is 0.941. The van der Waals surface area contributed by atoms with E-state index in [0.29, 0.717) is 12.5 Å². The first-order valence-corrected chi connectivity index (χ1v) is 8.78. The van der Waals surface area contributed by atoms with Crippen LogP contribution in [0.1, 0.15) is 40.0 Å². The monoisotopic (exact) mass is 441 g/mol. The molecule has 1 aliphatic rings. The highest BCUT2D eigenvalue weighted by Gasteiger charge is 2.15. The quantitative estimate of drug-likeness (QED) is 0.259. The van der Waals surface area contributed by atoms with Crippen molar-refractivity contribution in [3.63, 3.8) is 0 Å². The summed E-state index contributed by atoms with van der Waals surface area (Å²) in [4.78, 5) is 6.89. The van der Waals surface area contributed by atoms with Crippen molar-refractivity contribution in [1.29, 1.82) is 0 Å². The van der Waals surface area contributed by atoms with Gasteiger partial charge in [0.1, 0.15) is 0 Å². The van der Waals surface area contributed by atoms with E-state index < -0.39 is 0 Å². The molecule has 1 rings (SSSR count). The van der Waals surface area contributed by atoms with Crippen LogP contribution >= 0.6 is 24.0 Å². The van der Waals surface area contributed by atoms with E-state index in [0.717, 1.165) is 51.3 Å².